The minimum absolute atomic E-state index is 0.119. The smallest absolute Gasteiger partial charge is 0.379 e. The van der Waals surface area contributed by atoms with Crippen molar-refractivity contribution < 1.29 is 36.2 Å². The maximum absolute atomic E-state index is 13.1. The molecular formula is C21H14ClF6N3O2. The van der Waals surface area contributed by atoms with Crippen LogP contribution in [0.1, 0.15) is 33.3 Å². The number of amides is 1. The molecule has 2 aromatic heterocycles. The van der Waals surface area contributed by atoms with Crippen molar-refractivity contribution >= 4 is 17.5 Å². The van der Waals surface area contributed by atoms with Crippen molar-refractivity contribution in [1.29, 1.82) is 0 Å². The number of hydrogen-bond donors (Lipinski definition) is 2. The minimum atomic E-state index is -4.98. The van der Waals surface area contributed by atoms with E-state index < -0.39 is 35.6 Å². The highest BCUT2D eigenvalue weighted by molar-refractivity contribution is 6.30. The van der Waals surface area contributed by atoms with Crippen LogP contribution in [0, 0.1) is 0 Å². The number of nitrogens with one attached hydrogen (secondary N) is 1. The molecule has 3 rings (SSSR count). The second kappa shape index (κ2) is 9.36. The minimum Gasteiger partial charge on any atom is -0.379 e. The van der Waals surface area contributed by atoms with E-state index in [0.29, 0.717) is 0 Å². The fraction of sp³-hybridized carbons (Fsp3) is 0.190. The van der Waals surface area contributed by atoms with Gasteiger partial charge >= 0.3 is 12.4 Å². The Morgan fingerprint density at radius 3 is 2.27 bits per heavy atom. The second-order valence-electron chi connectivity index (χ2n) is 6.88. The molecule has 33 heavy (non-hydrogen) atoms. The zero-order valence-electron chi connectivity index (χ0n) is 16.4. The Bertz CT molecular complexity index is 1130. The summed E-state index contributed by atoms with van der Waals surface area (Å²) in [5.74, 6) is -0.818. The van der Waals surface area contributed by atoms with Gasteiger partial charge in [0.15, 0.2) is 6.10 Å². The lowest BCUT2D eigenvalue weighted by molar-refractivity contribution is -0.206. The monoisotopic (exact) mass is 489 g/mol. The number of pyridine rings is 2. The zero-order chi connectivity index (χ0) is 24.4. The molecule has 0 aliphatic heterocycles. The summed E-state index contributed by atoms with van der Waals surface area (Å²) in [6.07, 6.45) is -10.3. The lowest BCUT2D eigenvalue weighted by atomic mass is 9.99. The number of benzene rings is 1. The van der Waals surface area contributed by atoms with E-state index in [9.17, 15) is 36.2 Å². The molecule has 0 aliphatic rings. The third-order valence-electron chi connectivity index (χ3n) is 4.43. The van der Waals surface area contributed by atoms with Gasteiger partial charge in [-0.05, 0) is 47.5 Å². The predicted molar refractivity (Wildman–Crippen MR) is 106 cm³/mol. The van der Waals surface area contributed by atoms with Crippen molar-refractivity contribution in [2.24, 2.45) is 0 Å². The van der Waals surface area contributed by atoms with Gasteiger partial charge in [-0.2, -0.15) is 26.3 Å². The first-order valence-electron chi connectivity index (χ1n) is 9.16. The van der Waals surface area contributed by atoms with E-state index >= 15 is 0 Å². The number of carbonyl (C=O) groups excluding carboxylic acids is 1. The molecule has 2 heterocycles. The topological polar surface area (TPSA) is 75.1 Å². The number of halogens is 7. The summed E-state index contributed by atoms with van der Waals surface area (Å²) >= 11 is 5.77. The van der Waals surface area contributed by atoms with Crippen LogP contribution in [0.15, 0.2) is 54.9 Å². The van der Waals surface area contributed by atoms with Gasteiger partial charge < -0.3 is 10.4 Å². The summed E-state index contributed by atoms with van der Waals surface area (Å²) in [6.45, 7) is -0.232. The molecule has 5 nitrogen and oxygen atoms in total. The van der Waals surface area contributed by atoms with Gasteiger partial charge in [0, 0.05) is 30.1 Å². The standard InChI is InChI=1S/C21H14ClF6N3O2/c22-15-2-3-16(29-10-15)12-5-13(18(32)21(26,27)28)7-14(6-12)19(33)31-9-11-1-4-17(30-8-11)20(23,24)25/h1-8,10,18,32H,9H2,(H,31,33). The zero-order valence-corrected chi connectivity index (χ0v) is 17.1. The number of alkyl halides is 6. The van der Waals surface area contributed by atoms with Gasteiger partial charge in [0.05, 0.1) is 10.7 Å². The molecule has 0 aliphatic carbocycles. The molecule has 2 N–H and O–H groups in total. The summed E-state index contributed by atoms with van der Waals surface area (Å²) in [5.41, 5.74) is -1.35. The Labute approximate surface area is 188 Å². The second-order valence-corrected chi connectivity index (χ2v) is 7.32. The number of aliphatic hydroxyl groups is 1. The number of hydrogen-bond acceptors (Lipinski definition) is 4. The van der Waals surface area contributed by atoms with Crippen molar-refractivity contribution in [3.8, 4) is 11.3 Å². The summed E-state index contributed by atoms with van der Waals surface area (Å²) in [4.78, 5) is 19.9. The molecule has 1 aromatic carbocycles. The molecule has 1 amide bonds. The predicted octanol–water partition coefficient (Wildman–Crippen LogP) is 5.34. The summed E-state index contributed by atoms with van der Waals surface area (Å²) in [6, 6.07) is 7.92. The summed E-state index contributed by atoms with van der Waals surface area (Å²) < 4.78 is 77.0. The fourth-order valence-electron chi connectivity index (χ4n) is 2.81. The Kier molecular flexibility index (Phi) is 6.94. The van der Waals surface area contributed by atoms with Crippen molar-refractivity contribution in [1.82, 2.24) is 15.3 Å². The lowest BCUT2D eigenvalue weighted by Gasteiger charge is -2.17. The van der Waals surface area contributed by atoms with Crippen LogP contribution in [0.3, 0.4) is 0 Å². The van der Waals surface area contributed by atoms with E-state index in [2.05, 4.69) is 15.3 Å². The van der Waals surface area contributed by atoms with Gasteiger partial charge in [-0.3, -0.25) is 14.8 Å². The van der Waals surface area contributed by atoms with Crippen LogP contribution < -0.4 is 5.32 Å². The third-order valence-corrected chi connectivity index (χ3v) is 4.66. The van der Waals surface area contributed by atoms with Crippen LogP contribution in [0.4, 0.5) is 26.3 Å². The normalized spacial score (nSPS) is 13.0. The fourth-order valence-corrected chi connectivity index (χ4v) is 2.92. The average molecular weight is 490 g/mol. The molecule has 1 unspecified atom stereocenters. The van der Waals surface area contributed by atoms with E-state index in [-0.39, 0.29) is 34.0 Å². The Morgan fingerprint density at radius 1 is 1.00 bits per heavy atom. The average Bonchev–Trinajstić information content (AvgIpc) is 2.76. The van der Waals surface area contributed by atoms with Gasteiger partial charge in [0.2, 0.25) is 0 Å². The van der Waals surface area contributed by atoms with E-state index in [4.69, 9.17) is 11.6 Å². The van der Waals surface area contributed by atoms with Crippen LogP contribution in [0.5, 0.6) is 0 Å². The van der Waals surface area contributed by atoms with Crippen molar-refractivity contribution in [3.05, 3.63) is 82.3 Å². The highest BCUT2D eigenvalue weighted by Gasteiger charge is 2.40. The number of carbonyl (C=O) groups is 1. The maximum atomic E-state index is 13.1. The van der Waals surface area contributed by atoms with Crippen LogP contribution in [0.2, 0.25) is 5.02 Å². The van der Waals surface area contributed by atoms with Gasteiger partial charge in [-0.25, -0.2) is 0 Å². The van der Waals surface area contributed by atoms with Crippen LogP contribution in [-0.2, 0) is 12.7 Å². The quantitative estimate of drug-likeness (QED) is 0.474. The van der Waals surface area contributed by atoms with Gasteiger partial charge in [0.25, 0.3) is 5.91 Å². The molecular weight excluding hydrogens is 476 g/mol. The molecule has 0 bridgehead atoms. The Balaban J connectivity index is 1.87. The highest BCUT2D eigenvalue weighted by Crippen LogP contribution is 2.35. The Hall–Kier alpha value is -3.18. The van der Waals surface area contributed by atoms with E-state index in [1.807, 2.05) is 0 Å². The van der Waals surface area contributed by atoms with Crippen LogP contribution in [0.25, 0.3) is 11.3 Å². The molecule has 0 saturated carbocycles. The first kappa shape index (κ1) is 24.5. The summed E-state index contributed by atoms with van der Waals surface area (Å²) in [7, 11) is 0. The molecule has 3 aromatic rings. The van der Waals surface area contributed by atoms with E-state index in [0.717, 1.165) is 30.5 Å². The molecule has 0 spiro atoms. The summed E-state index contributed by atoms with van der Waals surface area (Å²) in [5, 5.41) is 12.4. The van der Waals surface area contributed by atoms with Crippen LogP contribution in [-0.4, -0.2) is 27.2 Å². The molecule has 12 heteroatoms. The van der Waals surface area contributed by atoms with E-state index in [1.165, 1.54) is 24.4 Å². The first-order valence-corrected chi connectivity index (χ1v) is 9.54. The molecule has 0 saturated heterocycles. The molecule has 0 radical (unpaired) electrons. The third kappa shape index (κ3) is 6.20. The number of aromatic nitrogens is 2. The van der Waals surface area contributed by atoms with Crippen molar-refractivity contribution in [2.75, 3.05) is 0 Å². The lowest BCUT2D eigenvalue weighted by Crippen LogP contribution is -2.24. The Morgan fingerprint density at radius 2 is 1.73 bits per heavy atom. The van der Waals surface area contributed by atoms with Gasteiger partial charge in [-0.1, -0.05) is 17.7 Å². The van der Waals surface area contributed by atoms with E-state index in [1.54, 1.807) is 0 Å². The largest absolute Gasteiger partial charge is 0.433 e. The molecule has 1 atom stereocenters. The molecule has 174 valence electrons. The van der Waals surface area contributed by atoms with Crippen molar-refractivity contribution in [2.45, 2.75) is 25.0 Å². The van der Waals surface area contributed by atoms with Crippen LogP contribution >= 0.6 is 11.6 Å². The maximum Gasteiger partial charge on any atom is 0.433 e. The van der Waals surface area contributed by atoms with Crippen molar-refractivity contribution in [3.63, 3.8) is 0 Å². The first-order chi connectivity index (χ1) is 15.3. The number of nitrogens with zero attached hydrogens (tertiary/aromatic N) is 2. The SMILES string of the molecule is O=C(NCc1ccc(C(F)(F)F)nc1)c1cc(-c2ccc(Cl)cn2)cc(C(O)C(F)(F)F)c1. The van der Waals surface area contributed by atoms with Gasteiger partial charge in [0.1, 0.15) is 5.69 Å². The highest BCUT2D eigenvalue weighted by atomic mass is 35.5. The number of rotatable bonds is 5. The number of aliphatic hydroxyl groups excluding tert-OH is 1. The molecule has 0 fully saturated rings. The van der Waals surface area contributed by atoms with Gasteiger partial charge in [-0.15, -0.1) is 0 Å².